The average molecular weight is 447 g/mol. The van der Waals surface area contributed by atoms with Crippen LogP contribution < -0.4 is 0 Å². The second kappa shape index (κ2) is 8.36. The van der Waals surface area contributed by atoms with Crippen molar-refractivity contribution >= 4 is 11.4 Å². The first kappa shape index (κ1) is 22.8. The van der Waals surface area contributed by atoms with E-state index in [2.05, 4.69) is 37.8 Å². The molecule has 0 bridgehead atoms. The zero-order valence-corrected chi connectivity index (χ0v) is 20.2. The highest BCUT2D eigenvalue weighted by Gasteiger charge is 2.60. The minimum absolute atomic E-state index is 0.0520. The number of ketones is 1. The van der Waals surface area contributed by atoms with Crippen LogP contribution in [0.15, 0.2) is 53.6 Å². The molecule has 0 amide bonds. The number of rotatable bonds is 5. The minimum atomic E-state index is -0.757. The van der Waals surface area contributed by atoms with Gasteiger partial charge in [0.15, 0.2) is 5.78 Å². The van der Waals surface area contributed by atoms with Gasteiger partial charge in [0, 0.05) is 17.8 Å². The van der Waals surface area contributed by atoms with E-state index in [0.29, 0.717) is 24.7 Å². The molecule has 5 atom stereocenters. The van der Waals surface area contributed by atoms with Crippen molar-refractivity contribution in [2.24, 2.45) is 17.3 Å². The van der Waals surface area contributed by atoms with E-state index in [9.17, 15) is 15.0 Å². The number of aliphatic hydroxyl groups is 2. The van der Waals surface area contributed by atoms with Crippen molar-refractivity contribution in [1.82, 2.24) is 0 Å². The summed E-state index contributed by atoms with van der Waals surface area (Å²) in [5.41, 5.74) is 6.74. The van der Waals surface area contributed by atoms with Gasteiger partial charge in [0.2, 0.25) is 0 Å². The van der Waals surface area contributed by atoms with E-state index in [0.717, 1.165) is 61.6 Å². The summed E-state index contributed by atoms with van der Waals surface area (Å²) in [7, 11) is 0. The summed E-state index contributed by atoms with van der Waals surface area (Å²) in [5.74, 6) is 1.26. The summed E-state index contributed by atoms with van der Waals surface area (Å²) < 4.78 is 0. The van der Waals surface area contributed by atoms with Gasteiger partial charge in [0.05, 0.1) is 12.2 Å². The second-order valence-electron chi connectivity index (χ2n) is 11.4. The lowest BCUT2D eigenvalue weighted by Gasteiger charge is -2.52. The Balaban J connectivity index is 1.40. The molecule has 0 spiro atoms. The lowest BCUT2D eigenvalue weighted by Crippen LogP contribution is -2.50. The minimum Gasteiger partial charge on any atom is -0.396 e. The Bertz CT molecular complexity index is 1030. The highest BCUT2D eigenvalue weighted by Crippen LogP contribution is 2.65. The molecule has 33 heavy (non-hydrogen) atoms. The van der Waals surface area contributed by atoms with Crippen molar-refractivity contribution in [3.63, 3.8) is 0 Å². The van der Waals surface area contributed by atoms with Crippen molar-refractivity contribution < 1.29 is 15.0 Å². The molecule has 3 heteroatoms. The molecule has 3 nitrogen and oxygen atoms in total. The van der Waals surface area contributed by atoms with Gasteiger partial charge >= 0.3 is 0 Å². The predicted molar refractivity (Wildman–Crippen MR) is 133 cm³/mol. The first-order valence-corrected chi connectivity index (χ1v) is 12.8. The summed E-state index contributed by atoms with van der Waals surface area (Å²) in [6, 6.07) is 8.33. The smallest absolute Gasteiger partial charge is 0.156 e. The van der Waals surface area contributed by atoms with E-state index in [1.807, 2.05) is 13.0 Å². The predicted octanol–water partition coefficient (Wildman–Crippen LogP) is 6.12. The molecule has 1 aromatic rings. The molecule has 0 aliphatic heterocycles. The first-order valence-electron chi connectivity index (χ1n) is 12.8. The average Bonchev–Trinajstić information content (AvgIpc) is 3.08. The van der Waals surface area contributed by atoms with Gasteiger partial charge in [-0.05, 0) is 98.5 Å². The first-order chi connectivity index (χ1) is 15.8. The topological polar surface area (TPSA) is 57.5 Å². The number of hydrogen-bond acceptors (Lipinski definition) is 3. The number of carbonyl (C=O) groups is 1. The fourth-order valence-electron chi connectivity index (χ4n) is 7.71. The molecular formula is C30H38O3. The molecule has 4 aliphatic carbocycles. The van der Waals surface area contributed by atoms with Crippen molar-refractivity contribution in [1.29, 1.82) is 0 Å². The Morgan fingerprint density at radius 2 is 1.88 bits per heavy atom. The molecule has 2 saturated carbocycles. The number of allylic oxidation sites excluding steroid dienone is 5. The third-order valence-electron chi connectivity index (χ3n) is 9.73. The summed E-state index contributed by atoms with van der Waals surface area (Å²) >= 11 is 0. The fraction of sp³-hybridized carbons (Fsp3) is 0.567. The van der Waals surface area contributed by atoms with E-state index in [1.54, 1.807) is 5.57 Å². The highest BCUT2D eigenvalue weighted by molar-refractivity contribution is 5.93. The molecule has 0 saturated heterocycles. The molecule has 5 rings (SSSR count). The molecule has 0 aromatic heterocycles. The molecule has 2 N–H and O–H groups in total. The Morgan fingerprint density at radius 1 is 1.12 bits per heavy atom. The van der Waals surface area contributed by atoms with Crippen LogP contribution in [0.2, 0.25) is 0 Å². The Hall–Kier alpha value is -1.97. The maximum absolute atomic E-state index is 12.1. The molecule has 2 fully saturated rings. The van der Waals surface area contributed by atoms with E-state index in [1.165, 1.54) is 11.1 Å². The molecule has 176 valence electrons. The summed E-state index contributed by atoms with van der Waals surface area (Å²) in [6.07, 6.45) is 10.1. The number of benzene rings is 1. The van der Waals surface area contributed by atoms with Gasteiger partial charge in [-0.3, -0.25) is 4.79 Å². The molecular weight excluding hydrogens is 408 g/mol. The van der Waals surface area contributed by atoms with Crippen LogP contribution in [0.4, 0.5) is 0 Å². The maximum atomic E-state index is 12.1. The number of carbonyl (C=O) groups excluding carboxylic acids is 1. The summed E-state index contributed by atoms with van der Waals surface area (Å²) in [6.45, 7) is 8.39. The summed E-state index contributed by atoms with van der Waals surface area (Å²) in [4.78, 5) is 11.9. The number of aliphatic hydroxyl groups excluding tert-OH is 1. The second-order valence-corrected chi connectivity index (χ2v) is 11.4. The quantitative estimate of drug-likeness (QED) is 0.573. The number of fused-ring (bicyclic) bond motifs is 4. The van der Waals surface area contributed by atoms with Crippen LogP contribution in [0.3, 0.4) is 0 Å². The fourth-order valence-corrected chi connectivity index (χ4v) is 7.71. The van der Waals surface area contributed by atoms with Crippen LogP contribution in [0.1, 0.15) is 88.7 Å². The number of hydrogen-bond donors (Lipinski definition) is 2. The Kier molecular flexibility index (Phi) is 5.77. The lowest BCUT2D eigenvalue weighted by atomic mass is 9.54. The highest BCUT2D eigenvalue weighted by atomic mass is 16.3. The van der Waals surface area contributed by atoms with Crippen molar-refractivity contribution in [2.45, 2.75) is 83.2 Å². The molecule has 0 radical (unpaired) electrons. The van der Waals surface area contributed by atoms with Crippen LogP contribution in [0, 0.1) is 17.3 Å². The van der Waals surface area contributed by atoms with Crippen LogP contribution in [-0.4, -0.2) is 28.2 Å². The standard InChI is InChI=1S/C30H38O3/c1-19(2)20-4-6-21(7-5-20)23(18-31)17-30(33)15-13-28-27-10-8-22-16-24(32)9-11-25(22)26(27)12-14-29(28,30)3/h4-7,16,23,27-28,31,33H,1,8-15,17-18H2,2-3H3/t23?,27-,28+,29+,30-/m1/s1. The van der Waals surface area contributed by atoms with Gasteiger partial charge < -0.3 is 10.2 Å². The van der Waals surface area contributed by atoms with Crippen LogP contribution in [-0.2, 0) is 4.79 Å². The molecule has 0 heterocycles. The monoisotopic (exact) mass is 446 g/mol. The van der Waals surface area contributed by atoms with Crippen molar-refractivity contribution in [3.8, 4) is 0 Å². The van der Waals surface area contributed by atoms with Crippen LogP contribution in [0.25, 0.3) is 5.57 Å². The van der Waals surface area contributed by atoms with E-state index in [4.69, 9.17) is 0 Å². The molecule has 1 aromatic carbocycles. The summed E-state index contributed by atoms with van der Waals surface area (Å²) in [5, 5.41) is 22.4. The Labute approximate surface area is 198 Å². The van der Waals surface area contributed by atoms with Gasteiger partial charge in [-0.25, -0.2) is 0 Å². The SMILES string of the molecule is C=C(C)c1ccc(C(CO)C[C@]2(O)CC[C@H]3[C@@H]4CCC5=CC(=O)CCC5=C4CC[C@@]32C)cc1. The van der Waals surface area contributed by atoms with Crippen LogP contribution >= 0.6 is 0 Å². The normalized spacial score (nSPS) is 34.3. The van der Waals surface area contributed by atoms with E-state index in [-0.39, 0.29) is 23.7 Å². The third-order valence-corrected chi connectivity index (χ3v) is 9.73. The Morgan fingerprint density at radius 3 is 2.58 bits per heavy atom. The maximum Gasteiger partial charge on any atom is 0.156 e. The third kappa shape index (κ3) is 3.68. The molecule has 1 unspecified atom stereocenters. The van der Waals surface area contributed by atoms with Gasteiger partial charge in [-0.2, -0.15) is 0 Å². The van der Waals surface area contributed by atoms with Gasteiger partial charge in [-0.15, -0.1) is 0 Å². The van der Waals surface area contributed by atoms with Crippen molar-refractivity contribution in [3.05, 3.63) is 64.8 Å². The molecule has 4 aliphatic rings. The van der Waals surface area contributed by atoms with Gasteiger partial charge in [0.1, 0.15) is 0 Å². The van der Waals surface area contributed by atoms with Crippen molar-refractivity contribution in [2.75, 3.05) is 6.61 Å². The van der Waals surface area contributed by atoms with Gasteiger partial charge in [-0.1, -0.05) is 48.9 Å². The van der Waals surface area contributed by atoms with Gasteiger partial charge in [0.25, 0.3) is 0 Å². The van der Waals surface area contributed by atoms with E-state index >= 15 is 0 Å². The van der Waals surface area contributed by atoms with Crippen LogP contribution in [0.5, 0.6) is 0 Å². The zero-order chi connectivity index (χ0) is 23.4. The van der Waals surface area contributed by atoms with E-state index < -0.39 is 5.60 Å². The lowest BCUT2D eigenvalue weighted by molar-refractivity contribution is -0.114. The largest absolute Gasteiger partial charge is 0.396 e. The zero-order valence-electron chi connectivity index (χ0n) is 20.2.